The van der Waals surface area contributed by atoms with Gasteiger partial charge in [0.2, 0.25) is 6.19 Å². The molecule has 0 spiro atoms. The first-order chi connectivity index (χ1) is 12.3. The van der Waals surface area contributed by atoms with Gasteiger partial charge in [0.25, 0.3) is 0 Å². The van der Waals surface area contributed by atoms with E-state index in [1.165, 1.54) is 16.7 Å². The van der Waals surface area contributed by atoms with Gasteiger partial charge in [-0.1, -0.05) is 17.7 Å². The van der Waals surface area contributed by atoms with Gasteiger partial charge in [-0.2, -0.15) is 10.3 Å². The Hall–Kier alpha value is -1.57. The summed E-state index contributed by atoms with van der Waals surface area (Å²) in [6.07, 6.45) is 1.84. The van der Waals surface area contributed by atoms with Crippen molar-refractivity contribution < 1.29 is 13.1 Å². The molecule has 1 aromatic carbocycles. The second-order valence-electron chi connectivity index (χ2n) is 5.96. The standard InChI is InChI=1S/C19H22N4.2ClH.Fe/c1-12-9-13(2)19(14(3)10-12)22-16(5)18-8-7-17(23(18)6)15(4)21-11-20;;;/h7-10H,1-6H3;2*1H;/q;;;+2/p-2. The average molecular weight is 433 g/mol. The summed E-state index contributed by atoms with van der Waals surface area (Å²) in [5, 5.41) is 8.71. The van der Waals surface area contributed by atoms with Crippen LogP contribution in [-0.2, 0) is 20.2 Å². The van der Waals surface area contributed by atoms with Crippen LogP contribution >= 0.6 is 20.2 Å². The summed E-state index contributed by atoms with van der Waals surface area (Å²) >= 11 is 0.194. The van der Waals surface area contributed by atoms with Crippen LogP contribution in [0.2, 0.25) is 0 Å². The molecule has 0 fully saturated rings. The molecule has 4 nitrogen and oxygen atoms in total. The fraction of sp³-hybridized carbons (Fsp3) is 0.316. The Morgan fingerprint density at radius 3 is 1.96 bits per heavy atom. The quantitative estimate of drug-likeness (QED) is 0.345. The number of benzene rings is 1. The van der Waals surface area contributed by atoms with Crippen LogP contribution in [0, 0.1) is 32.2 Å². The first kappa shape index (κ1) is 22.5. The third-order valence-electron chi connectivity index (χ3n) is 4.00. The van der Waals surface area contributed by atoms with Gasteiger partial charge in [-0.25, -0.2) is 0 Å². The third kappa shape index (κ3) is 5.72. The fourth-order valence-corrected chi connectivity index (χ4v) is 2.94. The number of aryl methyl sites for hydroxylation is 3. The molecule has 0 saturated heterocycles. The summed E-state index contributed by atoms with van der Waals surface area (Å²) in [5.41, 5.74) is 8.23. The van der Waals surface area contributed by atoms with Gasteiger partial charge >= 0.3 is 33.3 Å². The zero-order chi connectivity index (χ0) is 19.9. The summed E-state index contributed by atoms with van der Waals surface area (Å²) in [6.45, 7) is 10.1. The molecule has 0 aliphatic carbocycles. The summed E-state index contributed by atoms with van der Waals surface area (Å²) < 4.78 is 2.02. The van der Waals surface area contributed by atoms with E-state index in [2.05, 4.69) is 37.9 Å². The minimum absolute atomic E-state index is 0.194. The first-order valence-electron chi connectivity index (χ1n) is 7.85. The first-order valence-corrected chi connectivity index (χ1v) is 10.9. The molecular formula is C19H22Cl2FeN4. The molecule has 0 aliphatic heterocycles. The fourth-order valence-electron chi connectivity index (χ4n) is 2.94. The van der Waals surface area contributed by atoms with Gasteiger partial charge in [-0.15, -0.1) is 0 Å². The van der Waals surface area contributed by atoms with Crippen LogP contribution in [0.3, 0.4) is 0 Å². The van der Waals surface area contributed by atoms with E-state index >= 15 is 0 Å². The van der Waals surface area contributed by atoms with E-state index in [1.807, 2.05) is 43.8 Å². The van der Waals surface area contributed by atoms with Crippen molar-refractivity contribution in [2.45, 2.75) is 34.6 Å². The van der Waals surface area contributed by atoms with Crippen molar-refractivity contribution >= 4 is 37.3 Å². The van der Waals surface area contributed by atoms with E-state index in [9.17, 15) is 0 Å². The Balaban J connectivity index is 0.00000105. The molecule has 26 heavy (non-hydrogen) atoms. The molecule has 7 heteroatoms. The molecular weight excluding hydrogens is 411 g/mol. The molecule has 2 aromatic rings. The van der Waals surface area contributed by atoms with Crippen molar-refractivity contribution in [2.75, 3.05) is 0 Å². The predicted octanol–water partition coefficient (Wildman–Crippen LogP) is 5.76. The number of nitriles is 1. The van der Waals surface area contributed by atoms with Gasteiger partial charge in [-0.3, -0.25) is 4.99 Å². The number of nitrogens with zero attached hydrogens (tertiary/aromatic N) is 4. The Morgan fingerprint density at radius 1 is 1.04 bits per heavy atom. The number of hydrogen-bond donors (Lipinski definition) is 0. The average Bonchev–Trinajstić information content (AvgIpc) is 2.93. The predicted molar refractivity (Wildman–Crippen MR) is 107 cm³/mol. The monoisotopic (exact) mass is 432 g/mol. The van der Waals surface area contributed by atoms with Crippen LogP contribution in [0.15, 0.2) is 34.3 Å². The molecule has 0 N–H and O–H groups in total. The molecule has 0 radical (unpaired) electrons. The van der Waals surface area contributed by atoms with Crippen LogP contribution in [-0.4, -0.2) is 16.0 Å². The number of rotatable bonds is 3. The van der Waals surface area contributed by atoms with Crippen LogP contribution in [0.4, 0.5) is 5.69 Å². The van der Waals surface area contributed by atoms with Crippen molar-refractivity contribution in [3.63, 3.8) is 0 Å². The van der Waals surface area contributed by atoms with Crippen LogP contribution in [0.5, 0.6) is 0 Å². The number of halogens is 2. The van der Waals surface area contributed by atoms with E-state index in [1.54, 1.807) is 0 Å². The van der Waals surface area contributed by atoms with Crippen molar-refractivity contribution in [3.05, 3.63) is 52.3 Å². The summed E-state index contributed by atoms with van der Waals surface area (Å²) in [6, 6.07) is 8.29. The maximum absolute atomic E-state index is 8.71. The Morgan fingerprint density at radius 2 is 1.50 bits per heavy atom. The molecule has 1 aromatic heterocycles. The van der Waals surface area contributed by atoms with E-state index in [0.717, 1.165) is 22.8 Å². The van der Waals surface area contributed by atoms with Crippen LogP contribution < -0.4 is 0 Å². The zero-order valence-corrected chi connectivity index (χ0v) is 18.3. The second kappa shape index (κ2) is 10.5. The molecule has 0 atom stereocenters. The van der Waals surface area contributed by atoms with Crippen molar-refractivity contribution in [1.29, 1.82) is 5.26 Å². The Labute approximate surface area is 170 Å². The Kier molecular flexibility index (Phi) is 9.12. The van der Waals surface area contributed by atoms with Crippen molar-refractivity contribution in [2.24, 2.45) is 17.0 Å². The molecule has 0 saturated carbocycles. The SMILES string of the molecule is CC(=NC#N)c1ccc(C(C)=Nc2c(C)cc(C)cc2C)n1C.[Cl][Fe][Cl]. The molecule has 0 bridgehead atoms. The van der Waals surface area contributed by atoms with Crippen molar-refractivity contribution in [1.82, 2.24) is 4.57 Å². The topological polar surface area (TPSA) is 53.4 Å². The third-order valence-corrected chi connectivity index (χ3v) is 4.00. The number of aromatic nitrogens is 1. The zero-order valence-electron chi connectivity index (χ0n) is 15.7. The molecule has 0 aliphatic rings. The van der Waals surface area contributed by atoms with Crippen LogP contribution in [0.25, 0.3) is 0 Å². The second-order valence-corrected chi connectivity index (χ2v) is 7.78. The maximum atomic E-state index is 8.71. The molecule has 0 unspecified atom stereocenters. The van der Waals surface area contributed by atoms with Gasteiger partial charge in [0, 0.05) is 7.05 Å². The minimum atomic E-state index is 0.194. The van der Waals surface area contributed by atoms with E-state index in [0.29, 0.717) is 5.71 Å². The van der Waals surface area contributed by atoms with Gasteiger partial charge < -0.3 is 4.57 Å². The van der Waals surface area contributed by atoms with Crippen LogP contribution in [0.1, 0.15) is 41.9 Å². The van der Waals surface area contributed by atoms with Crippen molar-refractivity contribution in [3.8, 4) is 6.19 Å². The number of aliphatic imine (C=N–C) groups is 2. The molecule has 140 valence electrons. The summed E-state index contributed by atoms with van der Waals surface area (Å²) in [7, 11) is 11.5. The normalized spacial score (nSPS) is 11.8. The summed E-state index contributed by atoms with van der Waals surface area (Å²) in [5.74, 6) is 0. The van der Waals surface area contributed by atoms with Gasteiger partial charge in [0.05, 0.1) is 28.5 Å². The molecule has 2 rings (SSSR count). The summed E-state index contributed by atoms with van der Waals surface area (Å²) in [4.78, 5) is 8.65. The van der Waals surface area contributed by atoms with Gasteiger partial charge in [0.1, 0.15) is 0 Å². The Bertz CT molecular complexity index is 853. The van der Waals surface area contributed by atoms with E-state index in [4.69, 9.17) is 30.5 Å². The van der Waals surface area contributed by atoms with Gasteiger partial charge in [0.15, 0.2) is 0 Å². The van der Waals surface area contributed by atoms with E-state index in [-0.39, 0.29) is 13.1 Å². The van der Waals surface area contributed by atoms with Gasteiger partial charge in [-0.05, 0) is 57.9 Å². The van der Waals surface area contributed by atoms with E-state index < -0.39 is 0 Å². The molecule has 0 amide bonds. The molecule has 1 heterocycles. The number of hydrogen-bond acceptors (Lipinski definition) is 3.